The number of hydrogen-bond acceptors (Lipinski definition) is 5. The molecule has 0 aromatic carbocycles. The van der Waals surface area contributed by atoms with Crippen molar-refractivity contribution in [1.82, 2.24) is 5.32 Å². The topological polar surface area (TPSA) is 95.9 Å². The molecule has 2 atom stereocenters. The summed E-state index contributed by atoms with van der Waals surface area (Å²) in [5, 5.41) is 23.2. The van der Waals surface area contributed by atoms with Crippen molar-refractivity contribution < 1.29 is 24.5 Å². The van der Waals surface area contributed by atoms with E-state index in [1.807, 2.05) is 6.08 Å². The molecule has 0 heterocycles. The predicted octanol–water partition coefficient (Wildman–Crippen LogP) is 19.2. The average molecular weight is 971 g/mol. The van der Waals surface area contributed by atoms with Crippen molar-refractivity contribution in [2.24, 2.45) is 0 Å². The smallest absolute Gasteiger partial charge is 0.305 e. The molecular weight excluding hydrogens is 851 g/mol. The van der Waals surface area contributed by atoms with Gasteiger partial charge in [-0.15, -0.1) is 0 Å². The molecule has 0 saturated carbocycles. The van der Waals surface area contributed by atoms with Crippen LogP contribution in [-0.4, -0.2) is 47.4 Å². The number of esters is 1. The molecule has 0 radical (unpaired) electrons. The molecule has 0 rings (SSSR count). The molecule has 6 nitrogen and oxygen atoms in total. The predicted molar refractivity (Wildman–Crippen MR) is 301 cm³/mol. The van der Waals surface area contributed by atoms with Gasteiger partial charge in [0.25, 0.3) is 0 Å². The fraction of sp³-hybridized carbons (Fsp3) is 0.873. The molecule has 406 valence electrons. The van der Waals surface area contributed by atoms with Gasteiger partial charge < -0.3 is 20.3 Å². The number of hydrogen-bond donors (Lipinski definition) is 3. The van der Waals surface area contributed by atoms with Crippen LogP contribution in [0.15, 0.2) is 36.5 Å². The van der Waals surface area contributed by atoms with Crippen LogP contribution in [0.4, 0.5) is 0 Å². The van der Waals surface area contributed by atoms with E-state index in [0.29, 0.717) is 19.4 Å². The van der Waals surface area contributed by atoms with Crippen LogP contribution in [0.5, 0.6) is 0 Å². The Morgan fingerprint density at radius 3 is 1.03 bits per heavy atom. The minimum absolute atomic E-state index is 0.0329. The monoisotopic (exact) mass is 970 g/mol. The van der Waals surface area contributed by atoms with Gasteiger partial charge >= 0.3 is 5.97 Å². The lowest BCUT2D eigenvalue weighted by Gasteiger charge is -2.20. The molecule has 0 spiro atoms. The van der Waals surface area contributed by atoms with Gasteiger partial charge in [0.05, 0.1) is 25.4 Å². The summed E-state index contributed by atoms with van der Waals surface area (Å²) in [5.74, 6) is -0.128. The summed E-state index contributed by atoms with van der Waals surface area (Å²) in [4.78, 5) is 24.6. The van der Waals surface area contributed by atoms with Crippen LogP contribution in [0.25, 0.3) is 0 Å². The molecule has 3 N–H and O–H groups in total. The van der Waals surface area contributed by atoms with Crippen LogP contribution in [0.3, 0.4) is 0 Å². The largest absolute Gasteiger partial charge is 0.466 e. The first-order valence-corrected chi connectivity index (χ1v) is 30.8. The minimum atomic E-state index is -0.864. The number of allylic oxidation sites excluding steroid dienone is 5. The Morgan fingerprint density at radius 2 is 0.681 bits per heavy atom. The summed E-state index contributed by atoms with van der Waals surface area (Å²) in [7, 11) is 0. The van der Waals surface area contributed by atoms with Gasteiger partial charge in [0.15, 0.2) is 0 Å². The van der Waals surface area contributed by atoms with E-state index in [2.05, 4.69) is 43.5 Å². The maximum absolute atomic E-state index is 12.5. The van der Waals surface area contributed by atoms with Crippen LogP contribution in [-0.2, 0) is 14.3 Å². The van der Waals surface area contributed by atoms with E-state index in [9.17, 15) is 19.8 Å². The van der Waals surface area contributed by atoms with E-state index in [0.717, 1.165) is 83.5 Å². The second-order valence-corrected chi connectivity index (χ2v) is 21.0. The normalized spacial score (nSPS) is 12.8. The third-order valence-corrected chi connectivity index (χ3v) is 14.1. The Hall–Kier alpha value is -1.92. The van der Waals surface area contributed by atoms with Crippen molar-refractivity contribution in [3.63, 3.8) is 0 Å². The highest BCUT2D eigenvalue weighted by atomic mass is 16.5. The Kier molecular flexibility index (Phi) is 57.0. The minimum Gasteiger partial charge on any atom is -0.466 e. The van der Waals surface area contributed by atoms with Crippen molar-refractivity contribution >= 4 is 11.9 Å². The lowest BCUT2D eigenvalue weighted by molar-refractivity contribution is -0.143. The third kappa shape index (κ3) is 55.2. The van der Waals surface area contributed by atoms with Crippen LogP contribution in [0.2, 0.25) is 0 Å². The molecule has 0 aliphatic carbocycles. The summed E-state index contributed by atoms with van der Waals surface area (Å²) in [6, 6.07) is -0.651. The molecule has 0 aliphatic heterocycles. The van der Waals surface area contributed by atoms with Gasteiger partial charge in [-0.2, -0.15) is 0 Å². The Balaban J connectivity index is 3.52. The van der Waals surface area contributed by atoms with Gasteiger partial charge in [0.2, 0.25) is 5.91 Å². The summed E-state index contributed by atoms with van der Waals surface area (Å²) in [5.41, 5.74) is 0. The molecule has 0 bridgehead atoms. The van der Waals surface area contributed by atoms with Crippen LogP contribution in [0, 0.1) is 0 Å². The van der Waals surface area contributed by atoms with Crippen LogP contribution in [0.1, 0.15) is 328 Å². The summed E-state index contributed by atoms with van der Waals surface area (Å²) in [6.07, 6.45) is 73.2. The van der Waals surface area contributed by atoms with Gasteiger partial charge in [0.1, 0.15) is 0 Å². The number of aliphatic hydroxyl groups is 2. The van der Waals surface area contributed by atoms with E-state index in [1.54, 1.807) is 6.08 Å². The maximum Gasteiger partial charge on any atom is 0.305 e. The fourth-order valence-corrected chi connectivity index (χ4v) is 9.39. The second-order valence-electron chi connectivity index (χ2n) is 21.0. The molecular formula is C63H119NO5. The molecule has 1 amide bonds. The number of rotatable bonds is 57. The van der Waals surface area contributed by atoms with E-state index in [1.165, 1.54) is 218 Å². The first-order chi connectivity index (χ1) is 34.0. The lowest BCUT2D eigenvalue weighted by Crippen LogP contribution is -2.45. The van der Waals surface area contributed by atoms with Crippen LogP contribution < -0.4 is 5.32 Å². The number of amides is 1. The van der Waals surface area contributed by atoms with Gasteiger partial charge in [-0.1, -0.05) is 269 Å². The number of ether oxygens (including phenoxy) is 1. The quantitative estimate of drug-likeness (QED) is 0.0321. The molecule has 69 heavy (non-hydrogen) atoms. The summed E-state index contributed by atoms with van der Waals surface area (Å²) >= 11 is 0. The van der Waals surface area contributed by atoms with Gasteiger partial charge in [-0.3, -0.25) is 9.59 Å². The Bertz CT molecular complexity index is 1120. The molecule has 0 fully saturated rings. The van der Waals surface area contributed by atoms with Crippen molar-refractivity contribution in [2.75, 3.05) is 13.2 Å². The van der Waals surface area contributed by atoms with Gasteiger partial charge in [0, 0.05) is 12.8 Å². The second kappa shape index (κ2) is 58.6. The zero-order chi connectivity index (χ0) is 50.0. The zero-order valence-corrected chi connectivity index (χ0v) is 46.3. The first-order valence-electron chi connectivity index (χ1n) is 30.8. The zero-order valence-electron chi connectivity index (χ0n) is 46.3. The van der Waals surface area contributed by atoms with Crippen molar-refractivity contribution in [3.8, 4) is 0 Å². The summed E-state index contributed by atoms with van der Waals surface area (Å²) in [6.45, 7) is 4.84. The Labute approximate surface area is 430 Å². The third-order valence-electron chi connectivity index (χ3n) is 14.1. The SMILES string of the molecule is CCCCCCCC/C=C\CCCCCCCCCCCC(=O)OCCCC/C=C\CCCCCCCC(=O)NC(CO)C(O)/C=C/CCCCCCCCCCCCCCCCCCCCCC. The molecule has 6 heteroatoms. The molecule has 2 unspecified atom stereocenters. The van der Waals surface area contributed by atoms with Crippen molar-refractivity contribution in [1.29, 1.82) is 0 Å². The Morgan fingerprint density at radius 1 is 0.391 bits per heavy atom. The number of nitrogens with one attached hydrogen (secondary N) is 1. The van der Waals surface area contributed by atoms with Gasteiger partial charge in [-0.25, -0.2) is 0 Å². The highest BCUT2D eigenvalue weighted by molar-refractivity contribution is 5.76. The van der Waals surface area contributed by atoms with E-state index >= 15 is 0 Å². The van der Waals surface area contributed by atoms with E-state index in [-0.39, 0.29) is 18.5 Å². The number of unbranched alkanes of at least 4 members (excludes halogenated alkanes) is 42. The lowest BCUT2D eigenvalue weighted by atomic mass is 10.0. The maximum atomic E-state index is 12.5. The number of aliphatic hydroxyl groups excluding tert-OH is 2. The summed E-state index contributed by atoms with van der Waals surface area (Å²) < 4.78 is 5.46. The molecule has 0 saturated heterocycles. The van der Waals surface area contributed by atoms with Gasteiger partial charge in [-0.05, 0) is 83.5 Å². The molecule has 0 aliphatic rings. The first kappa shape index (κ1) is 67.1. The highest BCUT2D eigenvalue weighted by Gasteiger charge is 2.18. The highest BCUT2D eigenvalue weighted by Crippen LogP contribution is 2.17. The number of carbonyl (C=O) groups is 2. The van der Waals surface area contributed by atoms with Crippen molar-refractivity contribution in [3.05, 3.63) is 36.5 Å². The molecule has 0 aromatic heterocycles. The molecule has 0 aromatic rings. The van der Waals surface area contributed by atoms with E-state index < -0.39 is 12.1 Å². The standard InChI is InChI=1S/C63H119NO5/c1-3-5-7-9-11-13-15-17-19-21-23-24-25-27-28-30-32-35-39-43-47-51-55-61(66)60(59-65)64-62(67)56-52-48-44-40-36-34-38-42-46-50-54-58-69-63(68)57-53-49-45-41-37-33-31-29-26-22-20-18-16-14-12-10-8-6-4-2/h18,20,38,42,51,55,60-61,65-66H,3-17,19,21-37,39-41,43-50,52-54,56-59H2,1-2H3,(H,64,67)/b20-18-,42-38-,55-51+. The fourth-order valence-electron chi connectivity index (χ4n) is 9.39. The number of carbonyl (C=O) groups excluding carboxylic acids is 2. The van der Waals surface area contributed by atoms with E-state index in [4.69, 9.17) is 4.74 Å². The van der Waals surface area contributed by atoms with Crippen LogP contribution >= 0.6 is 0 Å². The van der Waals surface area contributed by atoms with Crippen molar-refractivity contribution in [2.45, 2.75) is 341 Å². The average Bonchev–Trinajstić information content (AvgIpc) is 3.35.